The van der Waals surface area contributed by atoms with Crippen LogP contribution in [0.5, 0.6) is 0 Å². The van der Waals surface area contributed by atoms with Crippen LogP contribution < -0.4 is 5.73 Å². The fraction of sp³-hybridized carbons (Fsp3) is 0. The van der Waals surface area contributed by atoms with E-state index >= 15 is 0 Å². The maximum atomic E-state index is 10.8. The molecule has 5 nitrogen and oxygen atoms in total. The molecule has 0 radical (unpaired) electrons. The number of nitrogens with two attached hydrogens (primary N) is 1. The van der Waals surface area contributed by atoms with Gasteiger partial charge in [-0.15, -0.1) is 0 Å². The molecule has 0 aliphatic heterocycles. The Morgan fingerprint density at radius 2 is 1.94 bits per heavy atom. The van der Waals surface area contributed by atoms with Crippen LogP contribution in [-0.2, 0) is 0 Å². The van der Waals surface area contributed by atoms with Crippen molar-refractivity contribution < 1.29 is 4.92 Å². The minimum Gasteiger partial charge on any atom is -0.396 e. The van der Waals surface area contributed by atoms with E-state index < -0.39 is 4.92 Å². The number of nitrogens with zero attached hydrogens (tertiary/aromatic N) is 2. The summed E-state index contributed by atoms with van der Waals surface area (Å²) < 4.78 is 0. The van der Waals surface area contributed by atoms with Crippen molar-refractivity contribution in [2.45, 2.75) is 0 Å². The SMILES string of the molecule is Nc1cnc([N+](=O)[O-])c(/C=C/c2ccccc2)c1. The van der Waals surface area contributed by atoms with Crippen LogP contribution in [-0.4, -0.2) is 9.91 Å². The average Bonchev–Trinajstić information content (AvgIpc) is 2.37. The Balaban J connectivity index is 2.36. The summed E-state index contributed by atoms with van der Waals surface area (Å²) in [7, 11) is 0. The topological polar surface area (TPSA) is 82.0 Å². The molecule has 0 atom stereocenters. The normalized spacial score (nSPS) is 10.7. The standard InChI is InChI=1S/C13H11N3O2/c14-12-8-11(13(15-9-12)16(17)18)7-6-10-4-2-1-3-5-10/h1-9H,14H2/b7-6+. The number of aromatic nitrogens is 1. The molecule has 2 rings (SSSR count). The zero-order valence-corrected chi connectivity index (χ0v) is 9.48. The summed E-state index contributed by atoms with van der Waals surface area (Å²) in [6, 6.07) is 11.0. The number of nitrogen functional groups attached to an aromatic ring is 1. The van der Waals surface area contributed by atoms with Crippen molar-refractivity contribution in [3.05, 3.63) is 63.8 Å². The maximum Gasteiger partial charge on any atom is 0.370 e. The van der Waals surface area contributed by atoms with Gasteiger partial charge in [0.1, 0.15) is 0 Å². The summed E-state index contributed by atoms with van der Waals surface area (Å²) in [4.78, 5) is 14.0. The molecule has 0 saturated carbocycles. The molecule has 0 unspecified atom stereocenters. The van der Waals surface area contributed by atoms with Crippen LogP contribution in [0, 0.1) is 10.1 Å². The number of rotatable bonds is 3. The molecule has 2 N–H and O–H groups in total. The molecule has 2 aromatic rings. The van der Waals surface area contributed by atoms with Crippen LogP contribution in [0.25, 0.3) is 12.2 Å². The van der Waals surface area contributed by atoms with E-state index in [1.54, 1.807) is 12.2 Å². The lowest BCUT2D eigenvalue weighted by atomic mass is 10.1. The first kappa shape index (κ1) is 11.8. The average molecular weight is 241 g/mol. The van der Waals surface area contributed by atoms with Gasteiger partial charge in [0.05, 0.1) is 11.3 Å². The molecule has 0 fully saturated rings. The van der Waals surface area contributed by atoms with E-state index in [4.69, 9.17) is 5.73 Å². The van der Waals surface area contributed by atoms with E-state index in [1.165, 1.54) is 12.3 Å². The Morgan fingerprint density at radius 3 is 2.61 bits per heavy atom. The lowest BCUT2D eigenvalue weighted by Gasteiger charge is -1.98. The van der Waals surface area contributed by atoms with Crippen LogP contribution in [0.3, 0.4) is 0 Å². The van der Waals surface area contributed by atoms with Gasteiger partial charge < -0.3 is 15.8 Å². The van der Waals surface area contributed by atoms with Crippen LogP contribution in [0.15, 0.2) is 42.6 Å². The predicted octanol–water partition coefficient (Wildman–Crippen LogP) is 2.74. The van der Waals surface area contributed by atoms with Gasteiger partial charge in [0.25, 0.3) is 0 Å². The number of pyridine rings is 1. The Bertz CT molecular complexity index is 594. The molecule has 0 spiro atoms. The fourth-order valence-electron chi connectivity index (χ4n) is 1.52. The van der Waals surface area contributed by atoms with E-state index in [1.807, 2.05) is 30.3 Å². The number of hydrogen-bond acceptors (Lipinski definition) is 4. The Labute approximate surface area is 104 Å². The molecule has 0 aliphatic carbocycles. The summed E-state index contributed by atoms with van der Waals surface area (Å²) in [6.07, 6.45) is 4.69. The Morgan fingerprint density at radius 1 is 1.22 bits per heavy atom. The molecule has 1 aromatic heterocycles. The van der Waals surface area contributed by atoms with Crippen molar-refractivity contribution >= 4 is 23.7 Å². The molecule has 5 heteroatoms. The van der Waals surface area contributed by atoms with E-state index in [0.29, 0.717) is 11.3 Å². The van der Waals surface area contributed by atoms with Crippen LogP contribution in [0.4, 0.5) is 11.5 Å². The van der Waals surface area contributed by atoms with Crippen molar-refractivity contribution in [2.24, 2.45) is 0 Å². The molecule has 1 aromatic carbocycles. The first-order chi connectivity index (χ1) is 8.66. The van der Waals surface area contributed by atoms with Gasteiger partial charge >= 0.3 is 5.82 Å². The molecule has 0 aliphatic rings. The molecular weight excluding hydrogens is 230 g/mol. The van der Waals surface area contributed by atoms with Crippen molar-refractivity contribution in [1.82, 2.24) is 4.98 Å². The molecule has 90 valence electrons. The molecular formula is C13H11N3O2. The zero-order valence-electron chi connectivity index (χ0n) is 9.48. The molecule has 0 saturated heterocycles. The number of benzene rings is 1. The Hall–Kier alpha value is -2.69. The second kappa shape index (κ2) is 5.09. The number of nitro groups is 1. The molecule has 0 bridgehead atoms. The van der Waals surface area contributed by atoms with Gasteiger partial charge in [-0.3, -0.25) is 0 Å². The van der Waals surface area contributed by atoms with Crippen molar-refractivity contribution in [1.29, 1.82) is 0 Å². The van der Waals surface area contributed by atoms with Gasteiger partial charge in [-0.05, 0) is 27.6 Å². The first-order valence-electron chi connectivity index (χ1n) is 5.30. The third-order valence-electron chi connectivity index (χ3n) is 2.34. The minimum atomic E-state index is -0.524. The van der Waals surface area contributed by atoms with Crippen molar-refractivity contribution in [3.63, 3.8) is 0 Å². The highest BCUT2D eigenvalue weighted by Gasteiger charge is 2.12. The number of anilines is 1. The molecule has 0 amide bonds. The maximum absolute atomic E-state index is 10.8. The van der Waals surface area contributed by atoms with Gasteiger partial charge in [-0.1, -0.05) is 36.4 Å². The summed E-state index contributed by atoms with van der Waals surface area (Å²) in [5.41, 5.74) is 7.32. The van der Waals surface area contributed by atoms with Crippen LogP contribution in [0.2, 0.25) is 0 Å². The first-order valence-corrected chi connectivity index (χ1v) is 5.30. The largest absolute Gasteiger partial charge is 0.396 e. The van der Waals surface area contributed by atoms with E-state index in [0.717, 1.165) is 5.56 Å². The second-order valence-corrected chi connectivity index (χ2v) is 3.68. The second-order valence-electron chi connectivity index (χ2n) is 3.68. The van der Waals surface area contributed by atoms with Crippen LogP contribution >= 0.6 is 0 Å². The smallest absolute Gasteiger partial charge is 0.370 e. The van der Waals surface area contributed by atoms with Gasteiger partial charge in [0.15, 0.2) is 6.20 Å². The lowest BCUT2D eigenvalue weighted by Crippen LogP contribution is -1.97. The van der Waals surface area contributed by atoms with E-state index in [2.05, 4.69) is 4.98 Å². The van der Waals surface area contributed by atoms with Crippen LogP contribution in [0.1, 0.15) is 11.1 Å². The van der Waals surface area contributed by atoms with Gasteiger partial charge in [-0.2, -0.15) is 0 Å². The monoisotopic (exact) mass is 241 g/mol. The van der Waals surface area contributed by atoms with Gasteiger partial charge in [-0.25, -0.2) is 0 Å². The highest BCUT2D eigenvalue weighted by molar-refractivity contribution is 5.74. The highest BCUT2D eigenvalue weighted by Crippen LogP contribution is 2.20. The summed E-state index contributed by atoms with van der Waals surface area (Å²) in [5, 5.41) is 10.8. The molecule has 1 heterocycles. The summed E-state index contributed by atoms with van der Waals surface area (Å²) >= 11 is 0. The van der Waals surface area contributed by atoms with E-state index in [9.17, 15) is 10.1 Å². The molecule has 18 heavy (non-hydrogen) atoms. The minimum absolute atomic E-state index is 0.198. The quantitative estimate of drug-likeness (QED) is 0.661. The fourth-order valence-corrected chi connectivity index (χ4v) is 1.52. The Kier molecular flexibility index (Phi) is 3.33. The van der Waals surface area contributed by atoms with E-state index in [-0.39, 0.29) is 5.82 Å². The summed E-state index contributed by atoms with van der Waals surface area (Å²) in [6.45, 7) is 0. The van der Waals surface area contributed by atoms with Gasteiger partial charge in [0, 0.05) is 0 Å². The van der Waals surface area contributed by atoms with Gasteiger partial charge in [0.2, 0.25) is 0 Å². The van der Waals surface area contributed by atoms with Crippen molar-refractivity contribution in [3.8, 4) is 0 Å². The highest BCUT2D eigenvalue weighted by atomic mass is 16.6. The van der Waals surface area contributed by atoms with Crippen molar-refractivity contribution in [2.75, 3.05) is 5.73 Å². The number of hydrogen-bond donors (Lipinski definition) is 1. The summed E-state index contributed by atoms with van der Waals surface area (Å²) in [5.74, 6) is -0.198. The third-order valence-corrected chi connectivity index (χ3v) is 2.34. The lowest BCUT2D eigenvalue weighted by molar-refractivity contribution is -0.389. The predicted molar refractivity (Wildman–Crippen MR) is 70.7 cm³/mol. The zero-order chi connectivity index (χ0) is 13.0. The third kappa shape index (κ3) is 2.70.